The molecule has 0 radical (unpaired) electrons. The van der Waals surface area contributed by atoms with Crippen LogP contribution < -0.4 is 5.32 Å². The van der Waals surface area contributed by atoms with E-state index >= 15 is 0 Å². The fraction of sp³-hybridized carbons (Fsp3) is 0.467. The summed E-state index contributed by atoms with van der Waals surface area (Å²) < 4.78 is 0. The number of amides is 1. The molecule has 0 spiro atoms. The molecule has 2 heterocycles. The van der Waals surface area contributed by atoms with Crippen molar-refractivity contribution in [2.45, 2.75) is 32.8 Å². The average molecular weight is 324 g/mol. The van der Waals surface area contributed by atoms with Gasteiger partial charge in [0.15, 0.2) is 0 Å². The molecule has 2 aromatic heterocycles. The van der Waals surface area contributed by atoms with Gasteiger partial charge in [0.1, 0.15) is 5.01 Å². The van der Waals surface area contributed by atoms with Gasteiger partial charge >= 0.3 is 0 Å². The summed E-state index contributed by atoms with van der Waals surface area (Å²) in [6.07, 6.45) is 0.665. The Morgan fingerprint density at radius 1 is 1.48 bits per heavy atom. The minimum Gasteiger partial charge on any atom is -0.391 e. The lowest BCUT2D eigenvalue weighted by molar-refractivity contribution is -0.121. The number of hydrogen-bond acceptors (Lipinski definition) is 5. The molecule has 0 aromatic carbocycles. The Balaban J connectivity index is 1.83. The molecule has 0 aliphatic heterocycles. The van der Waals surface area contributed by atoms with E-state index in [-0.39, 0.29) is 18.2 Å². The van der Waals surface area contributed by atoms with Crippen molar-refractivity contribution in [3.05, 3.63) is 28.6 Å². The third-order valence-electron chi connectivity index (χ3n) is 3.43. The maximum absolute atomic E-state index is 11.9. The van der Waals surface area contributed by atoms with E-state index in [4.69, 9.17) is 0 Å². The second-order valence-electron chi connectivity index (χ2n) is 5.06. The van der Waals surface area contributed by atoms with Crippen LogP contribution >= 0.6 is 22.7 Å². The highest BCUT2D eigenvalue weighted by atomic mass is 32.1. The van der Waals surface area contributed by atoms with Crippen molar-refractivity contribution in [2.24, 2.45) is 5.92 Å². The Bertz CT molecular complexity index is 566. The molecule has 2 atom stereocenters. The first-order valence-corrected chi connectivity index (χ1v) is 8.79. The van der Waals surface area contributed by atoms with Crippen molar-refractivity contribution in [1.82, 2.24) is 10.3 Å². The smallest absolute Gasteiger partial charge is 0.226 e. The van der Waals surface area contributed by atoms with Crippen LogP contribution in [-0.2, 0) is 11.2 Å². The first-order chi connectivity index (χ1) is 10.1. The zero-order chi connectivity index (χ0) is 15.2. The predicted octanol–water partition coefficient (Wildman–Crippen LogP) is 2.94. The molecule has 1 amide bonds. The SMILES string of the molecule is CCC(C)C(O)CNC(=O)Cc1csc(-c2cccs2)n1. The quantitative estimate of drug-likeness (QED) is 0.823. The maximum Gasteiger partial charge on any atom is 0.226 e. The highest BCUT2D eigenvalue weighted by Crippen LogP contribution is 2.27. The summed E-state index contributed by atoms with van der Waals surface area (Å²) in [5, 5.41) is 17.5. The Labute approximate surface area is 132 Å². The van der Waals surface area contributed by atoms with Gasteiger partial charge in [-0.15, -0.1) is 22.7 Å². The monoisotopic (exact) mass is 324 g/mol. The molecule has 2 N–H and O–H groups in total. The highest BCUT2D eigenvalue weighted by Gasteiger charge is 2.14. The Kier molecular flexibility index (Phi) is 5.90. The molecule has 6 heteroatoms. The van der Waals surface area contributed by atoms with Gasteiger partial charge in [-0.1, -0.05) is 26.3 Å². The molecule has 2 unspecified atom stereocenters. The zero-order valence-electron chi connectivity index (χ0n) is 12.2. The standard InChI is InChI=1S/C15H20N2O2S2/c1-3-10(2)12(18)8-16-14(19)7-11-9-21-15(17-11)13-5-4-6-20-13/h4-6,9-10,12,18H,3,7-8H2,1-2H3,(H,16,19). The van der Waals surface area contributed by atoms with E-state index in [0.29, 0.717) is 6.54 Å². The highest BCUT2D eigenvalue weighted by molar-refractivity contribution is 7.20. The Morgan fingerprint density at radius 3 is 2.95 bits per heavy atom. The van der Waals surface area contributed by atoms with E-state index in [2.05, 4.69) is 10.3 Å². The first kappa shape index (κ1) is 16.1. The van der Waals surface area contributed by atoms with E-state index in [1.807, 2.05) is 36.7 Å². The summed E-state index contributed by atoms with van der Waals surface area (Å²) in [4.78, 5) is 17.5. The number of aliphatic hydroxyl groups is 1. The van der Waals surface area contributed by atoms with E-state index in [0.717, 1.165) is 22.0 Å². The van der Waals surface area contributed by atoms with Gasteiger partial charge in [0, 0.05) is 11.9 Å². The van der Waals surface area contributed by atoms with Crippen LogP contribution in [0, 0.1) is 5.92 Å². The molecule has 4 nitrogen and oxygen atoms in total. The van der Waals surface area contributed by atoms with Crippen molar-refractivity contribution in [3.63, 3.8) is 0 Å². The van der Waals surface area contributed by atoms with Gasteiger partial charge in [-0.3, -0.25) is 4.79 Å². The van der Waals surface area contributed by atoms with Crippen LogP contribution in [0.15, 0.2) is 22.9 Å². The summed E-state index contributed by atoms with van der Waals surface area (Å²) in [6.45, 7) is 4.30. The molecule has 2 rings (SSSR count). The van der Waals surface area contributed by atoms with Crippen LogP contribution in [0.3, 0.4) is 0 Å². The Hall–Kier alpha value is -1.24. The number of carbonyl (C=O) groups excluding carboxylic acids is 1. The van der Waals surface area contributed by atoms with E-state index < -0.39 is 6.10 Å². The van der Waals surface area contributed by atoms with Crippen molar-refractivity contribution in [1.29, 1.82) is 0 Å². The molecule has 0 aliphatic carbocycles. The Morgan fingerprint density at radius 2 is 2.29 bits per heavy atom. The van der Waals surface area contributed by atoms with E-state index in [9.17, 15) is 9.90 Å². The lowest BCUT2D eigenvalue weighted by Gasteiger charge is -2.17. The lowest BCUT2D eigenvalue weighted by atomic mass is 10.0. The predicted molar refractivity (Wildman–Crippen MR) is 87.6 cm³/mol. The number of hydrogen-bond donors (Lipinski definition) is 2. The number of rotatable bonds is 7. The third-order valence-corrected chi connectivity index (χ3v) is 5.36. The summed E-state index contributed by atoms with van der Waals surface area (Å²) in [6, 6.07) is 4.01. The maximum atomic E-state index is 11.9. The zero-order valence-corrected chi connectivity index (χ0v) is 13.8. The second-order valence-corrected chi connectivity index (χ2v) is 6.86. The van der Waals surface area contributed by atoms with E-state index in [1.165, 1.54) is 0 Å². The molecule has 0 fully saturated rings. The molecular weight excluding hydrogens is 304 g/mol. The molecule has 21 heavy (non-hydrogen) atoms. The van der Waals surface area contributed by atoms with Crippen molar-refractivity contribution in [3.8, 4) is 9.88 Å². The molecule has 0 saturated heterocycles. The van der Waals surface area contributed by atoms with Gasteiger partial charge in [0.05, 0.1) is 23.1 Å². The molecule has 0 bridgehead atoms. The van der Waals surface area contributed by atoms with Crippen LogP contribution in [0.4, 0.5) is 0 Å². The third kappa shape index (κ3) is 4.62. The summed E-state index contributed by atoms with van der Waals surface area (Å²) in [7, 11) is 0. The molecule has 0 saturated carbocycles. The largest absolute Gasteiger partial charge is 0.391 e. The number of thiophene rings is 1. The van der Waals surface area contributed by atoms with Crippen molar-refractivity contribution in [2.75, 3.05) is 6.54 Å². The van der Waals surface area contributed by atoms with Gasteiger partial charge in [-0.25, -0.2) is 4.98 Å². The normalized spacial score (nSPS) is 13.9. The fourth-order valence-electron chi connectivity index (χ4n) is 1.82. The fourth-order valence-corrected chi connectivity index (χ4v) is 3.45. The molecule has 114 valence electrons. The minimum absolute atomic E-state index is 0.0969. The second kappa shape index (κ2) is 7.68. The lowest BCUT2D eigenvalue weighted by Crippen LogP contribution is -2.36. The number of nitrogens with one attached hydrogen (secondary N) is 1. The molecule has 2 aromatic rings. The van der Waals surface area contributed by atoms with Crippen LogP contribution in [0.5, 0.6) is 0 Å². The van der Waals surface area contributed by atoms with Gasteiger partial charge < -0.3 is 10.4 Å². The number of aromatic nitrogens is 1. The number of nitrogens with zero attached hydrogens (tertiary/aromatic N) is 1. The first-order valence-electron chi connectivity index (χ1n) is 7.03. The van der Waals surface area contributed by atoms with Crippen molar-refractivity contribution < 1.29 is 9.90 Å². The number of carbonyl (C=O) groups is 1. The minimum atomic E-state index is -0.490. The van der Waals surface area contributed by atoms with Gasteiger partial charge in [0.25, 0.3) is 0 Å². The van der Waals surface area contributed by atoms with Crippen LogP contribution in [-0.4, -0.2) is 28.6 Å². The van der Waals surface area contributed by atoms with Gasteiger partial charge in [0.2, 0.25) is 5.91 Å². The number of thiazole rings is 1. The topological polar surface area (TPSA) is 62.2 Å². The van der Waals surface area contributed by atoms with Gasteiger partial charge in [-0.05, 0) is 17.4 Å². The van der Waals surface area contributed by atoms with E-state index in [1.54, 1.807) is 22.7 Å². The summed E-state index contributed by atoms with van der Waals surface area (Å²) in [5.74, 6) is 0.0930. The van der Waals surface area contributed by atoms with Crippen LogP contribution in [0.2, 0.25) is 0 Å². The summed E-state index contributed by atoms with van der Waals surface area (Å²) in [5.41, 5.74) is 0.777. The average Bonchev–Trinajstić information content (AvgIpc) is 3.14. The van der Waals surface area contributed by atoms with Crippen molar-refractivity contribution >= 4 is 28.6 Å². The number of aliphatic hydroxyl groups excluding tert-OH is 1. The van der Waals surface area contributed by atoms with Crippen LogP contribution in [0.1, 0.15) is 26.0 Å². The summed E-state index contributed by atoms with van der Waals surface area (Å²) >= 11 is 3.19. The van der Waals surface area contributed by atoms with Gasteiger partial charge in [-0.2, -0.15) is 0 Å². The van der Waals surface area contributed by atoms with Crippen LogP contribution in [0.25, 0.3) is 9.88 Å². The molecular formula is C15H20N2O2S2. The molecule has 0 aliphatic rings.